The number of carboxylic acids is 1. The fourth-order valence-electron chi connectivity index (χ4n) is 2.19. The Morgan fingerprint density at radius 1 is 1.67 bits per heavy atom. The van der Waals surface area contributed by atoms with Crippen molar-refractivity contribution in [3.05, 3.63) is 11.6 Å². The largest absolute Gasteiger partial charge is 0.481 e. The van der Waals surface area contributed by atoms with E-state index in [9.17, 15) is 9.59 Å². The van der Waals surface area contributed by atoms with E-state index in [1.54, 1.807) is 6.92 Å². The second kappa shape index (κ2) is 4.12. The van der Waals surface area contributed by atoms with Crippen molar-refractivity contribution in [3.63, 3.8) is 0 Å². The molecule has 6 nitrogen and oxygen atoms in total. The molecule has 2 heterocycles. The lowest BCUT2D eigenvalue weighted by Crippen LogP contribution is -2.41. The Hall–Kier alpha value is -1.85. The van der Waals surface area contributed by atoms with E-state index in [-0.39, 0.29) is 12.3 Å². The van der Waals surface area contributed by atoms with E-state index in [1.807, 2.05) is 13.8 Å². The Morgan fingerprint density at radius 2 is 2.33 bits per heavy atom. The number of amides is 1. The average Bonchev–Trinajstić information content (AvgIpc) is 2.68. The van der Waals surface area contributed by atoms with Crippen molar-refractivity contribution in [2.24, 2.45) is 5.16 Å². The lowest BCUT2D eigenvalue weighted by Gasteiger charge is -2.24. The molecule has 0 aromatic rings. The lowest BCUT2D eigenvalue weighted by atomic mass is 10.0. The molecule has 1 N–H and O–H groups in total. The van der Waals surface area contributed by atoms with Gasteiger partial charge in [-0.3, -0.25) is 14.5 Å². The number of aliphatic carboxylic acids is 1. The first-order valence-corrected chi connectivity index (χ1v) is 5.78. The Kier molecular flexibility index (Phi) is 2.88. The quantitative estimate of drug-likeness (QED) is 0.799. The molecule has 1 unspecified atom stereocenters. The molecule has 6 heteroatoms. The number of hydrogen-bond acceptors (Lipinski definition) is 4. The van der Waals surface area contributed by atoms with Gasteiger partial charge < -0.3 is 9.94 Å². The molecule has 1 amide bonds. The lowest BCUT2D eigenvalue weighted by molar-refractivity contribution is -0.138. The van der Waals surface area contributed by atoms with Crippen LogP contribution in [0.2, 0.25) is 0 Å². The van der Waals surface area contributed by atoms with Crippen molar-refractivity contribution in [3.8, 4) is 0 Å². The summed E-state index contributed by atoms with van der Waals surface area (Å²) in [6.07, 6.45) is 1.84. The molecule has 2 aliphatic heterocycles. The smallest absolute Gasteiger partial charge is 0.305 e. The number of rotatable bonds is 2. The minimum absolute atomic E-state index is 0.118. The van der Waals surface area contributed by atoms with Crippen molar-refractivity contribution >= 4 is 17.7 Å². The molecule has 0 fully saturated rings. The fourth-order valence-corrected chi connectivity index (χ4v) is 2.19. The molecule has 0 aromatic heterocycles. The third-order valence-corrected chi connectivity index (χ3v) is 3.05. The predicted molar refractivity (Wildman–Crippen MR) is 63.9 cm³/mol. The number of carbonyl (C=O) groups excluding carboxylic acids is 1. The zero-order chi connectivity index (χ0) is 13.5. The summed E-state index contributed by atoms with van der Waals surface area (Å²) < 4.78 is 0. The number of carboxylic acid groups (broad SMARTS) is 1. The molecular weight excluding hydrogens is 236 g/mol. The minimum atomic E-state index is -0.939. The van der Waals surface area contributed by atoms with Gasteiger partial charge in [-0.25, -0.2) is 0 Å². The van der Waals surface area contributed by atoms with E-state index in [1.165, 1.54) is 11.0 Å². The number of oxime groups is 1. The summed E-state index contributed by atoms with van der Waals surface area (Å²) in [5, 5.41) is 12.8. The van der Waals surface area contributed by atoms with E-state index >= 15 is 0 Å². The highest BCUT2D eigenvalue weighted by molar-refractivity contribution is 6.07. The third-order valence-electron chi connectivity index (χ3n) is 3.05. The summed E-state index contributed by atoms with van der Waals surface area (Å²) in [6.45, 7) is 5.50. The van der Waals surface area contributed by atoms with Crippen LogP contribution in [0.5, 0.6) is 0 Å². The normalized spacial score (nSPS) is 25.8. The van der Waals surface area contributed by atoms with Crippen LogP contribution in [0.1, 0.15) is 33.6 Å². The summed E-state index contributed by atoms with van der Waals surface area (Å²) in [6, 6.07) is -0.453. The van der Waals surface area contributed by atoms with Crippen molar-refractivity contribution in [2.75, 3.05) is 0 Å². The highest BCUT2D eigenvalue weighted by Gasteiger charge is 2.40. The topological polar surface area (TPSA) is 79.2 Å². The maximum atomic E-state index is 11.9. The molecule has 18 heavy (non-hydrogen) atoms. The van der Waals surface area contributed by atoms with Crippen LogP contribution < -0.4 is 0 Å². The SMILES string of the molecule is CC1=CC(=O)N(C2=NOC(C)(C)C2)C1CC(=O)O. The zero-order valence-electron chi connectivity index (χ0n) is 10.6. The molecule has 0 spiro atoms. The highest BCUT2D eigenvalue weighted by atomic mass is 16.7. The van der Waals surface area contributed by atoms with Gasteiger partial charge in [0.1, 0.15) is 5.60 Å². The molecule has 2 aliphatic rings. The van der Waals surface area contributed by atoms with Gasteiger partial charge >= 0.3 is 5.97 Å². The first-order chi connectivity index (χ1) is 8.30. The summed E-state index contributed by atoms with van der Waals surface area (Å²) in [5.74, 6) is -0.658. The van der Waals surface area contributed by atoms with E-state index < -0.39 is 17.6 Å². The Bertz CT molecular complexity index is 465. The Labute approximate surface area is 105 Å². The average molecular weight is 252 g/mol. The summed E-state index contributed by atoms with van der Waals surface area (Å²) in [7, 11) is 0. The second-order valence-electron chi connectivity index (χ2n) is 5.25. The van der Waals surface area contributed by atoms with Crippen LogP contribution in [0.25, 0.3) is 0 Å². The number of amidine groups is 1. The Balaban J connectivity index is 2.21. The molecule has 98 valence electrons. The van der Waals surface area contributed by atoms with Gasteiger partial charge in [0, 0.05) is 6.08 Å². The summed E-state index contributed by atoms with van der Waals surface area (Å²) in [4.78, 5) is 29.4. The van der Waals surface area contributed by atoms with E-state index in [4.69, 9.17) is 9.94 Å². The van der Waals surface area contributed by atoms with Crippen LogP contribution in [0.3, 0.4) is 0 Å². The van der Waals surface area contributed by atoms with Gasteiger partial charge in [-0.15, -0.1) is 0 Å². The maximum Gasteiger partial charge on any atom is 0.305 e. The van der Waals surface area contributed by atoms with Gasteiger partial charge in [-0.2, -0.15) is 0 Å². The molecule has 0 aliphatic carbocycles. The van der Waals surface area contributed by atoms with Crippen LogP contribution in [-0.2, 0) is 14.4 Å². The number of carbonyl (C=O) groups is 2. The summed E-state index contributed by atoms with van der Waals surface area (Å²) in [5.41, 5.74) is 0.301. The fraction of sp³-hybridized carbons (Fsp3) is 0.583. The van der Waals surface area contributed by atoms with Crippen LogP contribution >= 0.6 is 0 Å². The predicted octanol–water partition coefficient (Wildman–Crippen LogP) is 1.13. The molecule has 2 rings (SSSR count). The molecule has 0 radical (unpaired) electrons. The standard InChI is InChI=1S/C12H16N2O4/c1-7-4-10(15)14(8(7)5-11(16)17)9-6-12(2,3)18-13-9/h4,8H,5-6H2,1-3H3,(H,16,17). The molecule has 0 bridgehead atoms. The molecule has 0 saturated carbocycles. The molecule has 0 aromatic carbocycles. The monoisotopic (exact) mass is 252 g/mol. The van der Waals surface area contributed by atoms with Crippen LogP contribution in [-0.4, -0.2) is 39.4 Å². The van der Waals surface area contributed by atoms with Crippen LogP contribution in [0.4, 0.5) is 0 Å². The van der Waals surface area contributed by atoms with Gasteiger partial charge in [0.2, 0.25) is 0 Å². The molecule has 1 atom stereocenters. The van der Waals surface area contributed by atoms with Crippen molar-refractivity contribution in [2.45, 2.75) is 45.3 Å². The van der Waals surface area contributed by atoms with Crippen LogP contribution in [0, 0.1) is 0 Å². The summed E-state index contributed by atoms with van der Waals surface area (Å²) >= 11 is 0. The van der Waals surface area contributed by atoms with Crippen molar-refractivity contribution < 1.29 is 19.5 Å². The van der Waals surface area contributed by atoms with Crippen LogP contribution in [0.15, 0.2) is 16.8 Å². The first kappa shape index (κ1) is 12.6. The van der Waals surface area contributed by atoms with E-state index in [0.29, 0.717) is 12.3 Å². The number of nitrogens with zero attached hydrogens (tertiary/aromatic N) is 2. The second-order valence-corrected chi connectivity index (χ2v) is 5.25. The molecule has 0 saturated heterocycles. The Morgan fingerprint density at radius 3 is 2.83 bits per heavy atom. The van der Waals surface area contributed by atoms with Crippen molar-refractivity contribution in [1.82, 2.24) is 4.90 Å². The maximum absolute atomic E-state index is 11.9. The third kappa shape index (κ3) is 2.23. The van der Waals surface area contributed by atoms with Gasteiger partial charge in [-0.1, -0.05) is 5.16 Å². The van der Waals surface area contributed by atoms with Gasteiger partial charge in [0.25, 0.3) is 5.91 Å². The van der Waals surface area contributed by atoms with Gasteiger partial charge in [0.15, 0.2) is 5.84 Å². The van der Waals surface area contributed by atoms with Gasteiger partial charge in [0.05, 0.1) is 18.9 Å². The van der Waals surface area contributed by atoms with E-state index in [0.717, 1.165) is 5.57 Å². The van der Waals surface area contributed by atoms with E-state index in [2.05, 4.69) is 5.16 Å². The van der Waals surface area contributed by atoms with Gasteiger partial charge in [-0.05, 0) is 26.3 Å². The van der Waals surface area contributed by atoms with Crippen molar-refractivity contribution in [1.29, 1.82) is 0 Å². The number of hydrogen-bond donors (Lipinski definition) is 1. The first-order valence-electron chi connectivity index (χ1n) is 5.78. The minimum Gasteiger partial charge on any atom is -0.481 e. The zero-order valence-corrected chi connectivity index (χ0v) is 10.6. The highest BCUT2D eigenvalue weighted by Crippen LogP contribution is 2.30. The molecular formula is C12H16N2O4.